The zero-order valence-corrected chi connectivity index (χ0v) is 14.7. The topological polar surface area (TPSA) is 97.0 Å². The van der Waals surface area contributed by atoms with Crippen molar-refractivity contribution >= 4 is 28.4 Å². The van der Waals surface area contributed by atoms with E-state index in [0.717, 1.165) is 11.1 Å². The molecule has 0 amide bonds. The number of aromatic nitrogens is 3. The third-order valence-corrected chi connectivity index (χ3v) is 4.78. The summed E-state index contributed by atoms with van der Waals surface area (Å²) in [5.74, 6) is -0.386. The van der Waals surface area contributed by atoms with Gasteiger partial charge in [0.05, 0.1) is 36.9 Å². The van der Waals surface area contributed by atoms with Crippen LogP contribution in [0, 0.1) is 0 Å². The molecule has 3 aromatic rings. The molecule has 0 aliphatic carbocycles. The lowest BCUT2D eigenvalue weighted by Crippen LogP contribution is -2.06. The number of hydrogen-bond donors (Lipinski definition) is 2. The van der Waals surface area contributed by atoms with E-state index in [-0.39, 0.29) is 5.76 Å². The maximum absolute atomic E-state index is 11.6. The predicted octanol–water partition coefficient (Wildman–Crippen LogP) is 2.91. The molecular formula is C17H17N3O4S. The first-order chi connectivity index (χ1) is 11.9. The molecule has 0 aliphatic heterocycles. The summed E-state index contributed by atoms with van der Waals surface area (Å²) in [5.41, 5.74) is 2.58. The highest BCUT2D eigenvalue weighted by atomic mass is 32.1. The number of fused-ring (bicyclic) bond motifs is 1. The molecule has 0 aromatic carbocycles. The number of aliphatic hydroxyl groups excluding tert-OH is 2. The van der Waals surface area contributed by atoms with E-state index in [2.05, 4.69) is 10.1 Å². The average Bonchev–Trinajstić information content (AvgIpc) is 3.21. The van der Waals surface area contributed by atoms with Crippen molar-refractivity contribution in [3.8, 4) is 10.6 Å². The summed E-state index contributed by atoms with van der Waals surface area (Å²) >= 11 is 1.23. The molecule has 0 aliphatic rings. The Kier molecular flexibility index (Phi) is 4.56. The lowest BCUT2D eigenvalue weighted by atomic mass is 10.0. The number of carbonyl (C=O) groups excluding carboxylic acids is 1. The highest BCUT2D eigenvalue weighted by molar-refractivity contribution is 7.16. The van der Waals surface area contributed by atoms with E-state index < -0.39 is 12.1 Å². The molecule has 25 heavy (non-hydrogen) atoms. The van der Waals surface area contributed by atoms with Crippen LogP contribution in [0.4, 0.5) is 0 Å². The Labute approximate surface area is 147 Å². The molecule has 1 atom stereocenters. The Bertz CT molecular complexity index is 967. The smallest absolute Gasteiger partial charge is 0.349 e. The van der Waals surface area contributed by atoms with Crippen LogP contribution in [0.2, 0.25) is 0 Å². The van der Waals surface area contributed by atoms with Gasteiger partial charge >= 0.3 is 5.97 Å². The fraction of sp³-hybridized carbons (Fsp3) is 0.235. The van der Waals surface area contributed by atoms with Gasteiger partial charge in [-0.05, 0) is 26.0 Å². The van der Waals surface area contributed by atoms with Gasteiger partial charge in [0.1, 0.15) is 9.88 Å². The van der Waals surface area contributed by atoms with E-state index in [1.54, 1.807) is 23.8 Å². The van der Waals surface area contributed by atoms with Gasteiger partial charge in [-0.1, -0.05) is 0 Å². The quantitative estimate of drug-likeness (QED) is 0.549. The Hall–Kier alpha value is -2.71. The number of esters is 1. The van der Waals surface area contributed by atoms with Gasteiger partial charge in [0, 0.05) is 22.9 Å². The Morgan fingerprint density at radius 3 is 2.80 bits per heavy atom. The van der Waals surface area contributed by atoms with Crippen LogP contribution in [0.3, 0.4) is 0 Å². The summed E-state index contributed by atoms with van der Waals surface area (Å²) in [6.07, 6.45) is 4.00. The van der Waals surface area contributed by atoms with E-state index in [0.29, 0.717) is 21.0 Å². The lowest BCUT2D eigenvalue weighted by molar-refractivity contribution is 0.0606. The van der Waals surface area contributed by atoms with Crippen molar-refractivity contribution in [3.63, 3.8) is 0 Å². The molecule has 3 heterocycles. The van der Waals surface area contributed by atoms with Gasteiger partial charge in [0.25, 0.3) is 0 Å². The molecule has 3 aromatic heterocycles. The zero-order valence-electron chi connectivity index (χ0n) is 13.9. The molecule has 0 fully saturated rings. The minimum absolute atomic E-state index is 0.0394. The number of ether oxygens (including phenoxy) is 1. The number of pyridine rings is 1. The number of allylic oxidation sites excluding steroid dienone is 1. The SMILES string of the molecule is COC(=O)c1cnc(-c2ccn3ncc(/C(=C(\C)O)C(C)O)c3c2)s1. The largest absolute Gasteiger partial charge is 0.512 e. The van der Waals surface area contributed by atoms with Crippen LogP contribution < -0.4 is 0 Å². The third kappa shape index (κ3) is 3.13. The summed E-state index contributed by atoms with van der Waals surface area (Å²) < 4.78 is 6.35. The van der Waals surface area contributed by atoms with Gasteiger partial charge in [-0.3, -0.25) is 0 Å². The van der Waals surface area contributed by atoms with Gasteiger partial charge in [-0.2, -0.15) is 5.10 Å². The van der Waals surface area contributed by atoms with Crippen LogP contribution in [0.5, 0.6) is 0 Å². The zero-order chi connectivity index (χ0) is 18.1. The van der Waals surface area contributed by atoms with Gasteiger partial charge < -0.3 is 14.9 Å². The minimum Gasteiger partial charge on any atom is -0.512 e. The van der Waals surface area contributed by atoms with Crippen LogP contribution >= 0.6 is 11.3 Å². The van der Waals surface area contributed by atoms with Crippen molar-refractivity contribution in [2.45, 2.75) is 20.0 Å². The maximum Gasteiger partial charge on any atom is 0.349 e. The van der Waals surface area contributed by atoms with Gasteiger partial charge in [-0.15, -0.1) is 11.3 Å². The second-order valence-corrected chi connectivity index (χ2v) is 6.53. The molecule has 7 nitrogen and oxygen atoms in total. The second-order valence-electron chi connectivity index (χ2n) is 5.50. The molecule has 0 saturated heterocycles. The first-order valence-corrected chi connectivity index (χ1v) is 8.34. The molecule has 3 rings (SSSR count). The van der Waals surface area contributed by atoms with Crippen molar-refractivity contribution in [2.75, 3.05) is 7.11 Å². The third-order valence-electron chi connectivity index (χ3n) is 3.76. The van der Waals surface area contributed by atoms with Gasteiger partial charge in [-0.25, -0.2) is 14.3 Å². The number of rotatable bonds is 4. The molecule has 1 unspecified atom stereocenters. The first-order valence-electron chi connectivity index (χ1n) is 7.52. The number of hydrogen-bond acceptors (Lipinski definition) is 7. The summed E-state index contributed by atoms with van der Waals surface area (Å²) in [6.45, 7) is 3.12. The summed E-state index contributed by atoms with van der Waals surface area (Å²) in [7, 11) is 1.33. The van der Waals surface area contributed by atoms with Crippen molar-refractivity contribution in [3.05, 3.63) is 46.9 Å². The van der Waals surface area contributed by atoms with Gasteiger partial charge in [0.2, 0.25) is 0 Å². The fourth-order valence-electron chi connectivity index (χ4n) is 2.65. The molecule has 8 heteroatoms. The van der Waals surface area contributed by atoms with Crippen LogP contribution in [0.1, 0.15) is 29.1 Å². The van der Waals surface area contributed by atoms with Crippen LogP contribution in [-0.2, 0) is 4.74 Å². The number of nitrogens with zero attached hydrogens (tertiary/aromatic N) is 3. The molecule has 0 radical (unpaired) electrons. The average molecular weight is 359 g/mol. The Balaban J connectivity index is 2.11. The highest BCUT2D eigenvalue weighted by Crippen LogP contribution is 2.30. The van der Waals surface area contributed by atoms with Gasteiger partial charge in [0.15, 0.2) is 0 Å². The standard InChI is InChI=1S/C17H17N3O4S/c1-9(21)15(10(2)22)12-7-19-20-5-4-11(6-13(12)20)16-18-8-14(25-16)17(23)24-3/h4-9,21-22H,1-3H3/b15-10+. The lowest BCUT2D eigenvalue weighted by Gasteiger charge is -2.11. The van der Waals surface area contributed by atoms with Crippen molar-refractivity contribution in [2.24, 2.45) is 0 Å². The summed E-state index contributed by atoms with van der Waals surface area (Å²) in [6, 6.07) is 3.69. The first kappa shape index (κ1) is 17.1. The van der Waals surface area contributed by atoms with E-state index in [1.807, 2.05) is 12.1 Å². The number of thiazole rings is 1. The maximum atomic E-state index is 11.6. The van der Waals surface area contributed by atoms with E-state index >= 15 is 0 Å². The Morgan fingerprint density at radius 1 is 1.40 bits per heavy atom. The van der Waals surface area contributed by atoms with Crippen LogP contribution in [0.25, 0.3) is 21.7 Å². The fourth-order valence-corrected chi connectivity index (χ4v) is 3.48. The van der Waals surface area contributed by atoms with E-state index in [1.165, 1.54) is 31.6 Å². The minimum atomic E-state index is -0.840. The second kappa shape index (κ2) is 6.66. The van der Waals surface area contributed by atoms with E-state index in [9.17, 15) is 15.0 Å². The van der Waals surface area contributed by atoms with Crippen LogP contribution in [-0.4, -0.2) is 44.0 Å². The normalized spacial score (nSPS) is 13.6. The number of aliphatic hydroxyl groups is 2. The number of methoxy groups -OCH3 is 1. The van der Waals surface area contributed by atoms with E-state index in [4.69, 9.17) is 4.74 Å². The molecule has 2 N–H and O–H groups in total. The monoisotopic (exact) mass is 359 g/mol. The molecule has 130 valence electrons. The molecule has 0 saturated carbocycles. The Morgan fingerprint density at radius 2 is 2.16 bits per heavy atom. The highest BCUT2D eigenvalue weighted by Gasteiger charge is 2.18. The summed E-state index contributed by atoms with van der Waals surface area (Å²) in [5, 5.41) is 24.8. The molecule has 0 spiro atoms. The molecular weight excluding hydrogens is 342 g/mol. The van der Waals surface area contributed by atoms with Crippen molar-refractivity contribution in [1.82, 2.24) is 14.6 Å². The number of carbonyl (C=O) groups is 1. The summed E-state index contributed by atoms with van der Waals surface area (Å²) in [4.78, 5) is 16.3. The van der Waals surface area contributed by atoms with Crippen molar-refractivity contribution in [1.29, 1.82) is 0 Å². The van der Waals surface area contributed by atoms with Crippen LogP contribution in [0.15, 0.2) is 36.5 Å². The molecule has 0 bridgehead atoms. The van der Waals surface area contributed by atoms with Crippen molar-refractivity contribution < 1.29 is 19.7 Å². The predicted molar refractivity (Wildman–Crippen MR) is 94.5 cm³/mol.